The summed E-state index contributed by atoms with van der Waals surface area (Å²) in [6.07, 6.45) is 12.7. The molecule has 0 saturated carbocycles. The molecular formula is C23H24OS. The molecule has 3 aromatic carbocycles. The third kappa shape index (κ3) is 3.74. The van der Waals surface area contributed by atoms with Crippen molar-refractivity contribution in [3.8, 4) is 0 Å². The summed E-state index contributed by atoms with van der Waals surface area (Å²) in [5.74, 6) is 0. The fourth-order valence-electron chi connectivity index (χ4n) is 3.69. The maximum absolute atomic E-state index is 4.80. The highest BCUT2D eigenvalue weighted by Crippen LogP contribution is 2.33. The van der Waals surface area contributed by atoms with Gasteiger partial charge in [0.2, 0.25) is 0 Å². The molecular weight excluding hydrogens is 324 g/mol. The second-order valence-electron chi connectivity index (χ2n) is 6.38. The van der Waals surface area contributed by atoms with Crippen LogP contribution in [0.25, 0.3) is 21.5 Å². The van der Waals surface area contributed by atoms with Crippen molar-refractivity contribution in [1.82, 2.24) is 0 Å². The zero-order chi connectivity index (χ0) is 16.2. The maximum Gasteiger partial charge on any atom is 0.106 e. The van der Waals surface area contributed by atoms with Crippen LogP contribution in [0.5, 0.6) is 0 Å². The molecule has 3 aromatic rings. The number of hydrogen-bond acceptors (Lipinski definition) is 1. The van der Waals surface area contributed by atoms with Crippen LogP contribution in [0.1, 0.15) is 24.0 Å². The molecule has 1 aliphatic heterocycles. The second kappa shape index (κ2) is 8.26. The van der Waals surface area contributed by atoms with Crippen molar-refractivity contribution in [2.45, 2.75) is 25.7 Å². The maximum atomic E-state index is 4.80. The molecule has 0 spiro atoms. The summed E-state index contributed by atoms with van der Waals surface area (Å²) >= 11 is 0. The zero-order valence-electron chi connectivity index (χ0n) is 14.4. The van der Waals surface area contributed by atoms with Crippen LogP contribution in [-0.4, -0.2) is 6.61 Å². The van der Waals surface area contributed by atoms with E-state index in [1.165, 1.54) is 47.2 Å². The van der Waals surface area contributed by atoms with Gasteiger partial charge in [0.15, 0.2) is 0 Å². The molecule has 0 aromatic heterocycles. The highest BCUT2D eigenvalue weighted by Gasteiger charge is 2.13. The molecule has 128 valence electrons. The summed E-state index contributed by atoms with van der Waals surface area (Å²) in [4.78, 5) is 0. The van der Waals surface area contributed by atoms with Crippen LogP contribution in [0.15, 0.2) is 73.0 Å². The Morgan fingerprint density at radius 2 is 1.56 bits per heavy atom. The van der Waals surface area contributed by atoms with Gasteiger partial charge in [0.1, 0.15) is 6.61 Å². The minimum absolute atomic E-state index is 0. The summed E-state index contributed by atoms with van der Waals surface area (Å²) in [7, 11) is 0. The van der Waals surface area contributed by atoms with Gasteiger partial charge in [-0.15, -0.1) is 0 Å². The summed E-state index contributed by atoms with van der Waals surface area (Å²) in [5, 5.41) is 5.64. The normalized spacial score (nSPS) is 14.9. The van der Waals surface area contributed by atoms with Gasteiger partial charge in [0.05, 0.1) is 6.26 Å². The first-order chi connectivity index (χ1) is 11.9. The van der Waals surface area contributed by atoms with Crippen molar-refractivity contribution >= 4 is 35.0 Å². The van der Waals surface area contributed by atoms with Crippen molar-refractivity contribution in [1.29, 1.82) is 0 Å². The number of benzene rings is 3. The Hall–Kier alpha value is -2.19. The van der Waals surface area contributed by atoms with Crippen LogP contribution in [0.3, 0.4) is 0 Å². The van der Waals surface area contributed by atoms with Crippen molar-refractivity contribution in [3.05, 3.63) is 84.1 Å². The molecule has 0 fully saturated rings. The highest BCUT2D eigenvalue weighted by atomic mass is 32.1. The van der Waals surface area contributed by atoms with E-state index in [1.807, 2.05) is 18.2 Å². The van der Waals surface area contributed by atoms with Gasteiger partial charge in [-0.2, -0.15) is 13.5 Å². The van der Waals surface area contributed by atoms with E-state index in [4.69, 9.17) is 4.74 Å². The Morgan fingerprint density at radius 3 is 2.32 bits per heavy atom. The van der Waals surface area contributed by atoms with Crippen LogP contribution in [-0.2, 0) is 17.6 Å². The number of fused-ring (bicyclic) bond motifs is 5. The van der Waals surface area contributed by atoms with Crippen LogP contribution in [0.4, 0.5) is 0 Å². The molecule has 0 N–H and O–H groups in total. The number of ether oxygens (including phenoxy) is 1. The number of aryl methyl sites for hydroxylation is 2. The Balaban J connectivity index is 0.000000224. The van der Waals surface area contributed by atoms with E-state index in [0.717, 1.165) is 6.61 Å². The van der Waals surface area contributed by atoms with E-state index in [1.54, 1.807) is 17.4 Å². The molecule has 5 rings (SSSR count). The lowest BCUT2D eigenvalue weighted by Gasteiger charge is -2.18. The number of rotatable bonds is 0. The number of allylic oxidation sites excluding steroid dienone is 2. The van der Waals surface area contributed by atoms with Gasteiger partial charge in [0.25, 0.3) is 0 Å². The monoisotopic (exact) mass is 348 g/mol. The Kier molecular flexibility index (Phi) is 5.83. The molecule has 0 saturated heterocycles. The molecule has 0 amide bonds. The zero-order valence-corrected chi connectivity index (χ0v) is 15.4. The van der Waals surface area contributed by atoms with Gasteiger partial charge in [0, 0.05) is 0 Å². The minimum atomic E-state index is 0. The fraction of sp³-hybridized carbons (Fsp3) is 0.217. The van der Waals surface area contributed by atoms with Crippen molar-refractivity contribution in [3.63, 3.8) is 0 Å². The largest absolute Gasteiger partial charge is 0.497 e. The van der Waals surface area contributed by atoms with E-state index >= 15 is 0 Å². The van der Waals surface area contributed by atoms with E-state index < -0.39 is 0 Å². The molecule has 0 bridgehead atoms. The highest BCUT2D eigenvalue weighted by molar-refractivity contribution is 7.59. The average molecular weight is 349 g/mol. The third-order valence-electron chi connectivity index (χ3n) is 4.87. The molecule has 25 heavy (non-hydrogen) atoms. The molecule has 2 heteroatoms. The predicted octanol–water partition coefficient (Wildman–Crippen LogP) is 6.07. The molecule has 1 aliphatic carbocycles. The predicted molar refractivity (Wildman–Crippen MR) is 113 cm³/mol. The van der Waals surface area contributed by atoms with Gasteiger partial charge in [-0.25, -0.2) is 0 Å². The average Bonchev–Trinajstić information content (AvgIpc) is 2.69. The van der Waals surface area contributed by atoms with Gasteiger partial charge in [-0.05, 0) is 70.5 Å². The quantitative estimate of drug-likeness (QED) is 0.448. The van der Waals surface area contributed by atoms with Crippen LogP contribution >= 0.6 is 13.5 Å². The number of hydrogen-bond donors (Lipinski definition) is 0. The first-order valence-electron chi connectivity index (χ1n) is 8.79. The topological polar surface area (TPSA) is 9.23 Å². The molecule has 2 aliphatic rings. The smallest absolute Gasteiger partial charge is 0.106 e. The second-order valence-corrected chi connectivity index (χ2v) is 6.38. The molecule has 0 atom stereocenters. The SMILES string of the molecule is C1=CCOC=C1.S.c1ccc2c(c1)ccc1c3c(ccc12)CCCC3. The molecule has 0 unspecified atom stereocenters. The standard InChI is InChI=1S/C18H16.C5H6O.H2S/c1-3-7-15-13(5-1)9-11-18-16-8-4-2-6-14(16)10-12-17(15)18;1-2-4-6-5-3-1;/h1,3,5,7,9-12H,2,4,6,8H2;1-4H,5H2;1H2. The third-order valence-corrected chi connectivity index (χ3v) is 4.87. The van der Waals surface area contributed by atoms with E-state index in [-0.39, 0.29) is 13.5 Å². The van der Waals surface area contributed by atoms with Crippen LogP contribution in [0, 0.1) is 0 Å². The fourth-order valence-corrected chi connectivity index (χ4v) is 3.69. The lowest BCUT2D eigenvalue weighted by molar-refractivity contribution is 0.286. The lowest BCUT2D eigenvalue weighted by Crippen LogP contribution is -2.02. The van der Waals surface area contributed by atoms with Crippen LogP contribution in [0.2, 0.25) is 0 Å². The minimum Gasteiger partial charge on any atom is -0.497 e. The summed E-state index contributed by atoms with van der Waals surface area (Å²) < 4.78 is 4.80. The van der Waals surface area contributed by atoms with E-state index in [2.05, 4.69) is 48.5 Å². The summed E-state index contributed by atoms with van der Waals surface area (Å²) in [5.41, 5.74) is 3.17. The van der Waals surface area contributed by atoms with E-state index in [9.17, 15) is 0 Å². The van der Waals surface area contributed by atoms with Crippen LogP contribution < -0.4 is 0 Å². The summed E-state index contributed by atoms with van der Waals surface area (Å²) in [6, 6.07) is 18.0. The molecule has 1 heterocycles. The van der Waals surface area contributed by atoms with Gasteiger partial charge < -0.3 is 4.74 Å². The van der Waals surface area contributed by atoms with Gasteiger partial charge in [-0.1, -0.05) is 54.6 Å². The van der Waals surface area contributed by atoms with Crippen molar-refractivity contribution < 1.29 is 4.74 Å². The van der Waals surface area contributed by atoms with E-state index in [0.29, 0.717) is 0 Å². The first-order valence-corrected chi connectivity index (χ1v) is 8.79. The first kappa shape index (κ1) is 17.6. The lowest BCUT2D eigenvalue weighted by atomic mass is 9.86. The Morgan fingerprint density at radius 1 is 0.720 bits per heavy atom. The Bertz CT molecular complexity index is 912. The molecule has 1 nitrogen and oxygen atoms in total. The van der Waals surface area contributed by atoms with Crippen molar-refractivity contribution in [2.24, 2.45) is 0 Å². The van der Waals surface area contributed by atoms with Gasteiger partial charge >= 0.3 is 0 Å². The Labute approximate surface area is 156 Å². The van der Waals surface area contributed by atoms with Crippen molar-refractivity contribution in [2.75, 3.05) is 6.61 Å². The van der Waals surface area contributed by atoms with Gasteiger partial charge in [-0.3, -0.25) is 0 Å². The summed E-state index contributed by atoms with van der Waals surface area (Å²) in [6.45, 7) is 0.733. The molecule has 0 radical (unpaired) electrons.